The van der Waals surface area contributed by atoms with E-state index in [1.165, 1.54) is 16.5 Å². The average Bonchev–Trinajstić information content (AvgIpc) is 2.55. The van der Waals surface area contributed by atoms with Gasteiger partial charge in [0.1, 0.15) is 3.23 Å². The fourth-order valence-electron chi connectivity index (χ4n) is 2.63. The van der Waals surface area contributed by atoms with Gasteiger partial charge in [0.15, 0.2) is 0 Å². The van der Waals surface area contributed by atoms with Crippen molar-refractivity contribution in [3.05, 3.63) is 60.2 Å². The fourth-order valence-corrected chi connectivity index (χ4v) is 5.25. The fraction of sp³-hybridized carbons (Fsp3) is 0.143. The van der Waals surface area contributed by atoms with Gasteiger partial charge in [-0.25, -0.2) is 0 Å². The van der Waals surface area contributed by atoms with E-state index in [-0.39, 0.29) is 13.1 Å². The lowest BCUT2D eigenvalue weighted by Crippen LogP contribution is -2.52. The van der Waals surface area contributed by atoms with E-state index < -0.39 is 0 Å². The molecule has 0 radical (unpaired) electrons. The number of benzene rings is 2. The molecule has 0 N–H and O–H groups in total. The molecule has 0 aromatic heterocycles. The SMILES string of the molecule is BrC1(Br)B(c2ccccc2)c2ccccc2C1(Br)Br. The van der Waals surface area contributed by atoms with Gasteiger partial charge >= 0.3 is 0 Å². The van der Waals surface area contributed by atoms with Gasteiger partial charge in [-0.3, -0.25) is 0 Å². The number of fused-ring (bicyclic) bond motifs is 1. The van der Waals surface area contributed by atoms with Crippen LogP contribution in [0.15, 0.2) is 54.6 Å². The van der Waals surface area contributed by atoms with E-state index >= 15 is 0 Å². The Hall–Kier alpha value is 0.425. The van der Waals surface area contributed by atoms with Crippen molar-refractivity contribution >= 4 is 81.4 Å². The van der Waals surface area contributed by atoms with Crippen LogP contribution in [0.5, 0.6) is 0 Å². The van der Waals surface area contributed by atoms with Gasteiger partial charge in [0, 0.05) is 0 Å². The van der Waals surface area contributed by atoms with E-state index in [2.05, 4.69) is 112 Å². The van der Waals surface area contributed by atoms with Gasteiger partial charge in [-0.15, -0.1) is 0 Å². The van der Waals surface area contributed by atoms with Crippen LogP contribution >= 0.6 is 63.7 Å². The second-order valence-corrected chi connectivity index (χ2v) is 11.6. The van der Waals surface area contributed by atoms with Gasteiger partial charge in [0.05, 0.1) is 3.13 Å². The molecule has 0 aliphatic carbocycles. The molecule has 0 saturated heterocycles. The first kappa shape index (κ1) is 14.4. The Balaban J connectivity index is 2.25. The van der Waals surface area contributed by atoms with Crippen molar-refractivity contribution in [3.63, 3.8) is 0 Å². The summed E-state index contributed by atoms with van der Waals surface area (Å²) < 4.78 is -0.665. The maximum atomic E-state index is 3.87. The summed E-state index contributed by atoms with van der Waals surface area (Å²) in [5.74, 6) is 0. The van der Waals surface area contributed by atoms with Crippen LogP contribution in [0.3, 0.4) is 0 Å². The maximum absolute atomic E-state index is 3.87. The molecular formula is C14H9BBr4. The molecule has 1 aliphatic rings. The average molecular weight is 508 g/mol. The molecule has 1 heterocycles. The molecule has 0 fully saturated rings. The minimum atomic E-state index is -0.343. The lowest BCUT2D eigenvalue weighted by Gasteiger charge is -2.31. The van der Waals surface area contributed by atoms with Gasteiger partial charge in [0.25, 0.3) is 0 Å². The van der Waals surface area contributed by atoms with Crippen LogP contribution in [0.2, 0.25) is 0 Å². The highest BCUT2D eigenvalue weighted by atomic mass is 79.9. The summed E-state index contributed by atoms with van der Waals surface area (Å²) in [6, 6.07) is 19.0. The first-order valence-electron chi connectivity index (χ1n) is 5.86. The van der Waals surface area contributed by atoms with E-state index in [9.17, 15) is 0 Å². The molecule has 3 rings (SSSR count). The van der Waals surface area contributed by atoms with Crippen molar-refractivity contribution in [2.45, 2.75) is 6.37 Å². The van der Waals surface area contributed by atoms with Crippen LogP contribution in [0.25, 0.3) is 0 Å². The van der Waals surface area contributed by atoms with Gasteiger partial charge < -0.3 is 0 Å². The largest absolute Gasteiger partial charge is 0.243 e. The standard InChI is InChI=1S/C14H9BBr4/c16-13(17)11-8-4-5-9-12(11)15(14(13,18)19)10-6-2-1-3-7-10/h1-9H. The van der Waals surface area contributed by atoms with Gasteiger partial charge in [-0.2, -0.15) is 0 Å². The molecule has 1 aliphatic heterocycles. The smallest absolute Gasteiger partial charge is 0.0783 e. The zero-order valence-electron chi connectivity index (χ0n) is 9.79. The summed E-state index contributed by atoms with van der Waals surface area (Å²) in [7, 11) is 0. The lowest BCUT2D eigenvalue weighted by atomic mass is 9.41. The van der Waals surface area contributed by atoms with Crippen LogP contribution < -0.4 is 10.9 Å². The molecule has 0 spiro atoms. The van der Waals surface area contributed by atoms with Crippen molar-refractivity contribution in [2.24, 2.45) is 0 Å². The predicted molar refractivity (Wildman–Crippen MR) is 98.0 cm³/mol. The third-order valence-corrected chi connectivity index (χ3v) is 9.86. The molecule has 0 amide bonds. The van der Waals surface area contributed by atoms with E-state index in [1.807, 2.05) is 6.07 Å². The predicted octanol–water partition coefficient (Wildman–Crippen LogP) is 4.28. The molecule has 0 unspecified atom stereocenters. The van der Waals surface area contributed by atoms with Crippen LogP contribution in [-0.4, -0.2) is 9.85 Å². The Morgan fingerprint density at radius 3 is 2.00 bits per heavy atom. The molecule has 0 bridgehead atoms. The quantitative estimate of drug-likeness (QED) is 0.400. The van der Waals surface area contributed by atoms with Gasteiger partial charge in [-0.1, -0.05) is 129 Å². The highest BCUT2D eigenvalue weighted by Gasteiger charge is 2.60. The van der Waals surface area contributed by atoms with E-state index in [0.717, 1.165) is 0 Å². The second-order valence-electron chi connectivity index (χ2n) is 4.63. The van der Waals surface area contributed by atoms with Crippen molar-refractivity contribution in [1.82, 2.24) is 0 Å². The van der Waals surface area contributed by atoms with Crippen molar-refractivity contribution in [2.75, 3.05) is 0 Å². The number of hydrogen-bond donors (Lipinski definition) is 0. The third kappa shape index (κ3) is 2.12. The Bertz CT molecular complexity index is 610. The zero-order valence-corrected chi connectivity index (χ0v) is 16.1. The molecule has 96 valence electrons. The summed E-state index contributed by atoms with van der Waals surface area (Å²) in [5, 5.41) is 0. The monoisotopic (exact) mass is 504 g/mol. The summed E-state index contributed by atoms with van der Waals surface area (Å²) in [6.07, 6.45) is 0. The molecule has 2 aromatic carbocycles. The molecule has 0 saturated carbocycles. The number of hydrogen-bond acceptors (Lipinski definition) is 0. The zero-order chi connectivity index (χ0) is 13.7. The van der Waals surface area contributed by atoms with Crippen LogP contribution in [0.1, 0.15) is 5.56 Å². The number of rotatable bonds is 1. The topological polar surface area (TPSA) is 0 Å². The molecule has 0 atom stereocenters. The Kier molecular flexibility index (Phi) is 3.79. The molecule has 5 heteroatoms. The second kappa shape index (κ2) is 5.01. The number of halogens is 4. The van der Waals surface area contributed by atoms with Crippen molar-refractivity contribution in [3.8, 4) is 0 Å². The molecule has 2 aromatic rings. The lowest BCUT2D eigenvalue weighted by molar-refractivity contribution is 1.02. The summed E-state index contributed by atoms with van der Waals surface area (Å²) >= 11 is 15.4. The summed E-state index contributed by atoms with van der Waals surface area (Å²) in [6.45, 7) is 0.226. The Morgan fingerprint density at radius 1 is 0.737 bits per heavy atom. The molecule has 19 heavy (non-hydrogen) atoms. The van der Waals surface area contributed by atoms with Crippen LogP contribution in [0.4, 0.5) is 0 Å². The highest BCUT2D eigenvalue weighted by Crippen LogP contribution is 2.59. The van der Waals surface area contributed by atoms with Crippen molar-refractivity contribution in [1.29, 1.82) is 0 Å². The van der Waals surface area contributed by atoms with E-state index in [4.69, 9.17) is 0 Å². The normalized spacial score (nSPS) is 19.3. The highest BCUT2D eigenvalue weighted by molar-refractivity contribution is 9.30. The maximum Gasteiger partial charge on any atom is 0.243 e. The van der Waals surface area contributed by atoms with E-state index in [0.29, 0.717) is 0 Å². The van der Waals surface area contributed by atoms with Crippen molar-refractivity contribution < 1.29 is 0 Å². The van der Waals surface area contributed by atoms with Gasteiger partial charge in [0.2, 0.25) is 6.71 Å². The third-order valence-electron chi connectivity index (χ3n) is 3.52. The van der Waals surface area contributed by atoms with Crippen LogP contribution in [-0.2, 0) is 3.23 Å². The molecular weight excluding hydrogens is 499 g/mol. The Morgan fingerprint density at radius 2 is 1.32 bits per heavy atom. The van der Waals surface area contributed by atoms with E-state index in [1.54, 1.807) is 0 Å². The van der Waals surface area contributed by atoms with Gasteiger partial charge in [-0.05, 0) is 5.56 Å². The van der Waals surface area contributed by atoms with Crippen LogP contribution in [0, 0.1) is 0 Å². The molecule has 0 nitrogen and oxygen atoms in total. The first-order valence-corrected chi connectivity index (χ1v) is 9.03. The number of alkyl halides is 4. The first-order chi connectivity index (χ1) is 8.96. The Labute approximate surface area is 147 Å². The minimum Gasteiger partial charge on any atom is -0.0783 e. The summed E-state index contributed by atoms with van der Waals surface area (Å²) in [4.78, 5) is 0. The summed E-state index contributed by atoms with van der Waals surface area (Å²) in [5.41, 5.74) is 3.85. The minimum absolute atomic E-state index is 0.226.